The van der Waals surface area contributed by atoms with Crippen LogP contribution in [-0.4, -0.2) is 23.1 Å². The fourth-order valence-corrected chi connectivity index (χ4v) is 3.21. The molecule has 1 fully saturated rings. The number of aliphatic carboxylic acids is 1. The molecule has 0 amide bonds. The summed E-state index contributed by atoms with van der Waals surface area (Å²) >= 11 is 11.2. The van der Waals surface area contributed by atoms with Gasteiger partial charge in [-0.3, -0.25) is 0 Å². The van der Waals surface area contributed by atoms with Crippen molar-refractivity contribution < 1.29 is 18.7 Å². The van der Waals surface area contributed by atoms with Gasteiger partial charge >= 0.3 is 0 Å². The molecule has 0 radical (unpaired) electrons. The van der Waals surface area contributed by atoms with Crippen molar-refractivity contribution in [3.8, 4) is 0 Å². The molecule has 0 aromatic rings. The van der Waals surface area contributed by atoms with Gasteiger partial charge < -0.3 is 9.90 Å². The lowest BCUT2D eigenvalue weighted by Crippen LogP contribution is -2.43. The molecular formula is C8H9Cl2F2O2-. The van der Waals surface area contributed by atoms with E-state index >= 15 is 0 Å². The molecule has 2 unspecified atom stereocenters. The van der Waals surface area contributed by atoms with Crippen LogP contribution >= 0.6 is 23.2 Å². The third-order valence-electron chi connectivity index (χ3n) is 3.37. The Bertz CT molecular complexity index is 283. The Morgan fingerprint density at radius 1 is 1.50 bits per heavy atom. The molecule has 0 aliphatic heterocycles. The van der Waals surface area contributed by atoms with Gasteiger partial charge in [0.1, 0.15) is 0 Å². The van der Waals surface area contributed by atoms with Crippen molar-refractivity contribution in [1.29, 1.82) is 0 Å². The maximum absolute atomic E-state index is 12.7. The van der Waals surface area contributed by atoms with Crippen LogP contribution in [0, 0.1) is 10.8 Å². The van der Waals surface area contributed by atoms with Crippen molar-refractivity contribution in [1.82, 2.24) is 0 Å². The monoisotopic (exact) mass is 245 g/mol. The maximum atomic E-state index is 12.7. The van der Waals surface area contributed by atoms with Crippen LogP contribution in [-0.2, 0) is 4.79 Å². The van der Waals surface area contributed by atoms with Crippen LogP contribution in [0.1, 0.15) is 13.8 Å². The van der Waals surface area contributed by atoms with Crippen molar-refractivity contribution >= 4 is 29.2 Å². The first-order valence-electron chi connectivity index (χ1n) is 3.94. The van der Waals surface area contributed by atoms with E-state index < -0.39 is 28.1 Å². The van der Waals surface area contributed by atoms with Crippen LogP contribution in [0.15, 0.2) is 0 Å². The van der Waals surface area contributed by atoms with Gasteiger partial charge in [-0.25, -0.2) is 8.78 Å². The minimum Gasteiger partial charge on any atom is -0.549 e. The first kappa shape index (κ1) is 12.0. The van der Waals surface area contributed by atoms with E-state index in [2.05, 4.69) is 0 Å². The van der Waals surface area contributed by atoms with E-state index in [1.54, 1.807) is 0 Å². The van der Waals surface area contributed by atoms with Crippen LogP contribution in [0.2, 0.25) is 0 Å². The summed E-state index contributed by atoms with van der Waals surface area (Å²) in [5.41, 5.74) is -3.61. The number of hydrogen-bond donors (Lipinski definition) is 0. The molecule has 1 aliphatic carbocycles. The van der Waals surface area contributed by atoms with Gasteiger partial charge in [-0.1, -0.05) is 13.8 Å². The second-order valence-electron chi connectivity index (χ2n) is 3.96. The standard InChI is InChI=1S/C8H10Cl2F2O2/c1-6(2)7(10,3-9)8(6,4(11)12)5(13)14/h4H,3H2,1-2H3,(H,13,14)/p-1. The number of carboxylic acid groups (broad SMARTS) is 1. The van der Waals surface area contributed by atoms with Gasteiger partial charge in [-0.15, -0.1) is 23.2 Å². The zero-order chi connectivity index (χ0) is 11.4. The number of carboxylic acids is 1. The van der Waals surface area contributed by atoms with E-state index in [-0.39, 0.29) is 5.88 Å². The smallest absolute Gasteiger partial charge is 0.251 e. The molecule has 0 bridgehead atoms. The van der Waals surface area contributed by atoms with E-state index in [1.807, 2.05) is 0 Å². The van der Waals surface area contributed by atoms with Crippen LogP contribution in [0.4, 0.5) is 8.78 Å². The van der Waals surface area contributed by atoms with Crippen LogP contribution < -0.4 is 5.11 Å². The predicted octanol–water partition coefficient (Wildman–Crippen LogP) is 1.24. The van der Waals surface area contributed by atoms with E-state index in [4.69, 9.17) is 23.2 Å². The average molecular weight is 246 g/mol. The molecule has 14 heavy (non-hydrogen) atoms. The van der Waals surface area contributed by atoms with Gasteiger partial charge in [0.15, 0.2) is 0 Å². The largest absolute Gasteiger partial charge is 0.549 e. The fourth-order valence-electron chi connectivity index (χ4n) is 2.17. The SMILES string of the molecule is CC1(C)C(Cl)(CCl)C1(C(=O)[O-])C(F)F. The summed E-state index contributed by atoms with van der Waals surface area (Å²) in [4.78, 5) is 9.15. The normalized spacial score (nSPS) is 39.9. The highest BCUT2D eigenvalue weighted by Gasteiger charge is 2.86. The molecule has 0 saturated heterocycles. The van der Waals surface area contributed by atoms with E-state index in [0.717, 1.165) is 0 Å². The summed E-state index contributed by atoms with van der Waals surface area (Å²) < 4.78 is 25.5. The third-order valence-corrected chi connectivity index (χ3v) is 4.81. The topological polar surface area (TPSA) is 40.1 Å². The Kier molecular flexibility index (Phi) is 2.53. The van der Waals surface area contributed by atoms with Crippen LogP contribution in [0.5, 0.6) is 0 Å². The maximum Gasteiger partial charge on any atom is 0.251 e. The van der Waals surface area contributed by atoms with Gasteiger partial charge in [-0.2, -0.15) is 0 Å². The summed E-state index contributed by atoms with van der Waals surface area (Å²) in [5.74, 6) is -2.19. The molecule has 1 saturated carbocycles. The highest BCUT2D eigenvalue weighted by atomic mass is 35.5. The number of carbonyl (C=O) groups is 1. The van der Waals surface area contributed by atoms with E-state index in [0.29, 0.717) is 0 Å². The summed E-state index contributed by atoms with van der Waals surface area (Å²) in [6.07, 6.45) is -3.08. The fraction of sp³-hybridized carbons (Fsp3) is 0.875. The lowest BCUT2D eigenvalue weighted by molar-refractivity contribution is -0.320. The molecule has 6 heteroatoms. The summed E-state index contributed by atoms with van der Waals surface area (Å²) in [5, 5.41) is 10.8. The van der Waals surface area contributed by atoms with Crippen LogP contribution in [0.25, 0.3) is 0 Å². The number of halogens is 4. The van der Waals surface area contributed by atoms with Crippen molar-refractivity contribution in [3.05, 3.63) is 0 Å². The summed E-state index contributed by atoms with van der Waals surface area (Å²) in [7, 11) is 0. The molecular weight excluding hydrogens is 237 g/mol. The molecule has 0 spiro atoms. The van der Waals surface area contributed by atoms with Gasteiger partial charge in [0.05, 0.1) is 16.3 Å². The second kappa shape index (κ2) is 2.95. The summed E-state index contributed by atoms with van der Waals surface area (Å²) in [6.45, 7) is 2.70. The molecule has 0 aromatic heterocycles. The Morgan fingerprint density at radius 3 is 2.00 bits per heavy atom. The summed E-state index contributed by atoms with van der Waals surface area (Å²) in [6, 6.07) is 0. The number of carbonyl (C=O) groups excluding carboxylic acids is 1. The molecule has 0 heterocycles. The van der Waals surface area contributed by atoms with Crippen LogP contribution in [0.3, 0.4) is 0 Å². The first-order valence-corrected chi connectivity index (χ1v) is 4.86. The van der Waals surface area contributed by atoms with Gasteiger partial charge in [0.25, 0.3) is 6.43 Å². The van der Waals surface area contributed by atoms with Crippen molar-refractivity contribution in [2.75, 3.05) is 5.88 Å². The second-order valence-corrected chi connectivity index (χ2v) is 4.87. The molecule has 82 valence electrons. The average Bonchev–Trinajstić information content (AvgIpc) is 2.43. The van der Waals surface area contributed by atoms with E-state index in [1.165, 1.54) is 13.8 Å². The Balaban J connectivity index is 3.24. The van der Waals surface area contributed by atoms with Crippen molar-refractivity contribution in [3.63, 3.8) is 0 Å². The molecule has 0 N–H and O–H groups in total. The lowest BCUT2D eigenvalue weighted by atomic mass is 9.97. The molecule has 1 aliphatic rings. The molecule has 1 rings (SSSR count). The Hall–Kier alpha value is -0.0900. The van der Waals surface area contributed by atoms with Gasteiger partial charge in [0, 0.05) is 11.3 Å². The number of alkyl halides is 4. The zero-order valence-corrected chi connectivity index (χ0v) is 9.12. The highest BCUT2D eigenvalue weighted by molar-refractivity contribution is 6.36. The highest BCUT2D eigenvalue weighted by Crippen LogP contribution is 2.77. The Labute approximate surface area is 90.2 Å². The predicted molar refractivity (Wildman–Crippen MR) is 46.5 cm³/mol. The molecule has 2 atom stereocenters. The van der Waals surface area contributed by atoms with Crippen molar-refractivity contribution in [2.24, 2.45) is 10.8 Å². The van der Waals surface area contributed by atoms with Gasteiger partial charge in [-0.05, 0) is 0 Å². The van der Waals surface area contributed by atoms with E-state index in [9.17, 15) is 18.7 Å². The van der Waals surface area contributed by atoms with Crippen molar-refractivity contribution in [2.45, 2.75) is 25.1 Å². The Morgan fingerprint density at radius 2 is 1.93 bits per heavy atom. The minimum absolute atomic E-state index is 0.347. The molecule has 2 nitrogen and oxygen atoms in total. The number of rotatable bonds is 3. The third kappa shape index (κ3) is 0.890. The van der Waals surface area contributed by atoms with Gasteiger partial charge in [0.2, 0.25) is 0 Å². The first-order chi connectivity index (χ1) is 6.20. The zero-order valence-electron chi connectivity index (χ0n) is 7.61. The lowest BCUT2D eigenvalue weighted by Gasteiger charge is -2.21. The quantitative estimate of drug-likeness (QED) is 0.703. The molecule has 0 aromatic carbocycles. The minimum atomic E-state index is -3.08. The number of hydrogen-bond acceptors (Lipinski definition) is 2.